The van der Waals surface area contributed by atoms with Gasteiger partial charge in [0.15, 0.2) is 0 Å². The van der Waals surface area contributed by atoms with Gasteiger partial charge in [-0.15, -0.1) is 0 Å². The highest BCUT2D eigenvalue weighted by molar-refractivity contribution is 5.20. The molecule has 2 atom stereocenters. The lowest BCUT2D eigenvalue weighted by Gasteiger charge is -2.35. The third-order valence-corrected chi connectivity index (χ3v) is 3.31. The maximum Gasteiger partial charge on any atom is 0.119 e. The second kappa shape index (κ2) is 6.76. The predicted molar refractivity (Wildman–Crippen MR) is 73.0 cm³/mol. The number of hydrogen-bond donors (Lipinski definition) is 0. The molecule has 1 aromatic rings. The van der Waals surface area contributed by atoms with E-state index in [-0.39, 0.29) is 0 Å². The van der Waals surface area contributed by atoms with E-state index in [0.29, 0.717) is 12.0 Å². The van der Waals surface area contributed by atoms with Crippen LogP contribution in [-0.2, 0) is 4.74 Å². The molecule has 0 aliphatic carbocycles. The molecule has 0 bridgehead atoms. The standard InChI is InChI=1S/C15H23NO2/c1-3-17-15-9-13(10-16(2)11-15)12-18-14-7-5-4-6-8-14/h4-8,13,15H,3,9-12H2,1-2H3. The fourth-order valence-electron chi connectivity index (χ4n) is 2.59. The first-order chi connectivity index (χ1) is 8.78. The van der Waals surface area contributed by atoms with E-state index in [2.05, 4.69) is 18.9 Å². The highest BCUT2D eigenvalue weighted by Gasteiger charge is 2.25. The highest BCUT2D eigenvalue weighted by atomic mass is 16.5. The van der Waals surface area contributed by atoms with Crippen molar-refractivity contribution in [3.05, 3.63) is 30.3 Å². The van der Waals surface area contributed by atoms with Gasteiger partial charge in [0.1, 0.15) is 5.75 Å². The summed E-state index contributed by atoms with van der Waals surface area (Å²) in [6.45, 7) is 5.76. The van der Waals surface area contributed by atoms with Crippen LogP contribution in [0.2, 0.25) is 0 Å². The molecular weight excluding hydrogens is 226 g/mol. The minimum absolute atomic E-state index is 0.359. The number of ether oxygens (including phenoxy) is 2. The van der Waals surface area contributed by atoms with Crippen molar-refractivity contribution in [2.75, 3.05) is 33.4 Å². The number of piperidine rings is 1. The molecule has 0 N–H and O–H groups in total. The van der Waals surface area contributed by atoms with Crippen LogP contribution < -0.4 is 4.74 Å². The Morgan fingerprint density at radius 3 is 2.72 bits per heavy atom. The fraction of sp³-hybridized carbons (Fsp3) is 0.600. The Morgan fingerprint density at radius 1 is 1.22 bits per heavy atom. The first-order valence-electron chi connectivity index (χ1n) is 6.76. The molecule has 100 valence electrons. The first kappa shape index (κ1) is 13.4. The Bertz CT molecular complexity index is 342. The summed E-state index contributed by atoms with van der Waals surface area (Å²) in [4.78, 5) is 2.34. The normalized spacial score (nSPS) is 25.0. The van der Waals surface area contributed by atoms with Crippen molar-refractivity contribution in [3.8, 4) is 5.75 Å². The molecule has 1 aromatic carbocycles. The summed E-state index contributed by atoms with van der Waals surface area (Å²) in [5.41, 5.74) is 0. The summed E-state index contributed by atoms with van der Waals surface area (Å²) in [6, 6.07) is 10.0. The van der Waals surface area contributed by atoms with Gasteiger partial charge in [-0.1, -0.05) is 18.2 Å². The van der Waals surface area contributed by atoms with Crippen LogP contribution in [-0.4, -0.2) is 44.4 Å². The van der Waals surface area contributed by atoms with Crippen LogP contribution in [0.4, 0.5) is 0 Å². The molecule has 0 aromatic heterocycles. The van der Waals surface area contributed by atoms with Gasteiger partial charge in [-0.05, 0) is 32.5 Å². The molecule has 3 heteroatoms. The first-order valence-corrected chi connectivity index (χ1v) is 6.76. The SMILES string of the molecule is CCOC1CC(COc2ccccc2)CN(C)C1. The maximum absolute atomic E-state index is 5.84. The average molecular weight is 249 g/mol. The lowest BCUT2D eigenvalue weighted by atomic mass is 9.97. The Labute approximate surface area is 110 Å². The number of para-hydroxylation sites is 1. The zero-order valence-electron chi connectivity index (χ0n) is 11.3. The van der Waals surface area contributed by atoms with Gasteiger partial charge in [0.05, 0.1) is 12.7 Å². The fourth-order valence-corrected chi connectivity index (χ4v) is 2.59. The van der Waals surface area contributed by atoms with Crippen LogP contribution in [0.15, 0.2) is 30.3 Å². The molecule has 0 saturated carbocycles. The molecule has 2 unspecified atom stereocenters. The Hall–Kier alpha value is -1.06. The van der Waals surface area contributed by atoms with Crippen LogP contribution in [0, 0.1) is 5.92 Å². The zero-order chi connectivity index (χ0) is 12.8. The molecule has 0 spiro atoms. The topological polar surface area (TPSA) is 21.7 Å². The van der Waals surface area contributed by atoms with Gasteiger partial charge in [0, 0.05) is 25.6 Å². The Morgan fingerprint density at radius 2 is 2.00 bits per heavy atom. The van der Waals surface area contributed by atoms with Crippen LogP contribution in [0.3, 0.4) is 0 Å². The Kier molecular flexibility index (Phi) is 5.02. The summed E-state index contributed by atoms with van der Waals surface area (Å²) >= 11 is 0. The third-order valence-electron chi connectivity index (χ3n) is 3.31. The molecule has 1 heterocycles. The van der Waals surface area contributed by atoms with Crippen molar-refractivity contribution in [2.24, 2.45) is 5.92 Å². The molecule has 1 fully saturated rings. The number of benzene rings is 1. The van der Waals surface area contributed by atoms with Gasteiger partial charge in [0.25, 0.3) is 0 Å². The number of rotatable bonds is 5. The van der Waals surface area contributed by atoms with Crippen molar-refractivity contribution in [2.45, 2.75) is 19.4 Å². The van der Waals surface area contributed by atoms with Crippen LogP contribution in [0.1, 0.15) is 13.3 Å². The molecular formula is C15H23NO2. The van der Waals surface area contributed by atoms with Crippen molar-refractivity contribution in [1.29, 1.82) is 0 Å². The number of nitrogens with zero attached hydrogens (tertiary/aromatic N) is 1. The molecule has 1 saturated heterocycles. The smallest absolute Gasteiger partial charge is 0.119 e. The van der Waals surface area contributed by atoms with Crippen molar-refractivity contribution in [3.63, 3.8) is 0 Å². The minimum Gasteiger partial charge on any atom is -0.493 e. The van der Waals surface area contributed by atoms with E-state index in [9.17, 15) is 0 Å². The molecule has 2 rings (SSSR count). The van der Waals surface area contributed by atoms with Gasteiger partial charge < -0.3 is 14.4 Å². The van der Waals surface area contributed by atoms with Gasteiger partial charge in [-0.3, -0.25) is 0 Å². The molecule has 18 heavy (non-hydrogen) atoms. The van der Waals surface area contributed by atoms with Crippen LogP contribution in [0.25, 0.3) is 0 Å². The number of likely N-dealkylation sites (N-methyl/N-ethyl adjacent to an activating group) is 1. The van der Waals surface area contributed by atoms with E-state index >= 15 is 0 Å². The zero-order valence-corrected chi connectivity index (χ0v) is 11.3. The van der Waals surface area contributed by atoms with E-state index in [1.54, 1.807) is 0 Å². The summed E-state index contributed by atoms with van der Waals surface area (Å²) in [6.07, 6.45) is 1.46. The molecule has 0 radical (unpaired) electrons. The average Bonchev–Trinajstić information content (AvgIpc) is 2.37. The van der Waals surface area contributed by atoms with E-state index in [1.807, 2.05) is 30.3 Å². The van der Waals surface area contributed by atoms with E-state index in [4.69, 9.17) is 9.47 Å². The van der Waals surface area contributed by atoms with Crippen molar-refractivity contribution >= 4 is 0 Å². The second-order valence-electron chi connectivity index (χ2n) is 5.02. The summed E-state index contributed by atoms with van der Waals surface area (Å²) in [7, 11) is 2.15. The van der Waals surface area contributed by atoms with Gasteiger partial charge in [-0.2, -0.15) is 0 Å². The molecule has 1 aliphatic rings. The van der Waals surface area contributed by atoms with Gasteiger partial charge in [-0.25, -0.2) is 0 Å². The molecule has 3 nitrogen and oxygen atoms in total. The van der Waals surface area contributed by atoms with E-state index in [0.717, 1.165) is 38.5 Å². The van der Waals surface area contributed by atoms with E-state index < -0.39 is 0 Å². The third kappa shape index (κ3) is 4.00. The van der Waals surface area contributed by atoms with Gasteiger partial charge >= 0.3 is 0 Å². The van der Waals surface area contributed by atoms with E-state index in [1.165, 1.54) is 0 Å². The summed E-state index contributed by atoms with van der Waals surface area (Å²) in [5.74, 6) is 1.51. The highest BCUT2D eigenvalue weighted by Crippen LogP contribution is 2.20. The summed E-state index contributed by atoms with van der Waals surface area (Å²) in [5, 5.41) is 0. The lowest BCUT2D eigenvalue weighted by Crippen LogP contribution is -2.43. The predicted octanol–water partition coefficient (Wildman–Crippen LogP) is 2.42. The lowest BCUT2D eigenvalue weighted by molar-refractivity contribution is -0.0148. The van der Waals surface area contributed by atoms with Crippen LogP contribution >= 0.6 is 0 Å². The van der Waals surface area contributed by atoms with Gasteiger partial charge in [0.2, 0.25) is 0 Å². The second-order valence-corrected chi connectivity index (χ2v) is 5.02. The summed E-state index contributed by atoms with van der Waals surface area (Å²) < 4.78 is 11.6. The van der Waals surface area contributed by atoms with Crippen molar-refractivity contribution in [1.82, 2.24) is 4.90 Å². The monoisotopic (exact) mass is 249 g/mol. The largest absolute Gasteiger partial charge is 0.493 e. The maximum atomic E-state index is 5.84. The number of hydrogen-bond acceptors (Lipinski definition) is 3. The molecule has 0 amide bonds. The van der Waals surface area contributed by atoms with Crippen molar-refractivity contribution < 1.29 is 9.47 Å². The number of likely N-dealkylation sites (tertiary alicyclic amines) is 1. The Balaban J connectivity index is 1.81. The molecule has 1 aliphatic heterocycles. The quantitative estimate of drug-likeness (QED) is 0.800. The van der Waals surface area contributed by atoms with Crippen LogP contribution in [0.5, 0.6) is 5.75 Å². The minimum atomic E-state index is 0.359.